The number of hydrogen-bond acceptors (Lipinski definition) is 5. The lowest BCUT2D eigenvalue weighted by Crippen LogP contribution is -2.35. The molecule has 0 amide bonds. The molecule has 1 atom stereocenters. The van der Waals surface area contributed by atoms with Crippen molar-refractivity contribution in [3.63, 3.8) is 0 Å². The SMILES string of the molecule is CCCN(OC(C)CC)S(=O)(=O)c1ccc(Cl)c([N+](=O)[O-])c1. The fourth-order valence-corrected chi connectivity index (χ4v) is 3.20. The van der Waals surface area contributed by atoms with Crippen molar-refractivity contribution in [1.82, 2.24) is 4.47 Å². The molecule has 0 spiro atoms. The van der Waals surface area contributed by atoms with Gasteiger partial charge in [0, 0.05) is 12.6 Å². The normalized spacial score (nSPS) is 13.3. The third kappa shape index (κ3) is 4.39. The van der Waals surface area contributed by atoms with E-state index in [9.17, 15) is 18.5 Å². The highest BCUT2D eigenvalue weighted by molar-refractivity contribution is 7.89. The minimum absolute atomic E-state index is 0.117. The van der Waals surface area contributed by atoms with Gasteiger partial charge < -0.3 is 0 Å². The highest BCUT2D eigenvalue weighted by atomic mass is 35.5. The van der Waals surface area contributed by atoms with Gasteiger partial charge in [-0.15, -0.1) is 0 Å². The molecule has 124 valence electrons. The van der Waals surface area contributed by atoms with E-state index in [2.05, 4.69) is 0 Å². The Hall–Kier alpha value is -1.22. The van der Waals surface area contributed by atoms with Crippen molar-refractivity contribution in [2.24, 2.45) is 0 Å². The first-order chi connectivity index (χ1) is 10.2. The van der Waals surface area contributed by atoms with E-state index >= 15 is 0 Å². The van der Waals surface area contributed by atoms with Crippen molar-refractivity contribution in [3.05, 3.63) is 33.3 Å². The first-order valence-electron chi connectivity index (χ1n) is 6.87. The number of benzene rings is 1. The first-order valence-corrected chi connectivity index (χ1v) is 8.69. The molecule has 22 heavy (non-hydrogen) atoms. The van der Waals surface area contributed by atoms with Gasteiger partial charge in [0.05, 0.1) is 15.9 Å². The lowest BCUT2D eigenvalue weighted by Gasteiger charge is -2.24. The molecule has 0 saturated carbocycles. The van der Waals surface area contributed by atoms with Gasteiger partial charge in [0.2, 0.25) is 0 Å². The minimum Gasteiger partial charge on any atom is -0.281 e. The topological polar surface area (TPSA) is 89.8 Å². The minimum atomic E-state index is -3.99. The molecule has 1 aromatic rings. The van der Waals surface area contributed by atoms with Crippen LogP contribution in [0.1, 0.15) is 33.6 Å². The van der Waals surface area contributed by atoms with Crippen LogP contribution in [0, 0.1) is 10.1 Å². The largest absolute Gasteiger partial charge is 0.289 e. The van der Waals surface area contributed by atoms with Gasteiger partial charge in [0.15, 0.2) is 0 Å². The molecule has 0 aliphatic rings. The second-order valence-electron chi connectivity index (χ2n) is 4.73. The van der Waals surface area contributed by atoms with Gasteiger partial charge in [-0.05, 0) is 31.9 Å². The van der Waals surface area contributed by atoms with E-state index in [0.717, 1.165) is 10.5 Å². The molecule has 9 heteroatoms. The zero-order chi connectivity index (χ0) is 16.9. The number of nitro groups is 1. The molecule has 0 heterocycles. The molecule has 1 rings (SSSR count). The highest BCUT2D eigenvalue weighted by Crippen LogP contribution is 2.29. The molecule has 1 aromatic carbocycles. The fraction of sp³-hybridized carbons (Fsp3) is 0.538. The third-order valence-corrected chi connectivity index (χ3v) is 4.93. The maximum atomic E-state index is 12.6. The van der Waals surface area contributed by atoms with Crippen LogP contribution < -0.4 is 0 Å². The third-order valence-electron chi connectivity index (χ3n) is 2.96. The Morgan fingerprint density at radius 3 is 2.55 bits per heavy atom. The predicted octanol–water partition coefficient (Wildman–Crippen LogP) is 3.38. The van der Waals surface area contributed by atoms with Gasteiger partial charge >= 0.3 is 0 Å². The number of nitro benzene ring substituents is 1. The molecule has 0 bridgehead atoms. The van der Waals surface area contributed by atoms with Crippen LogP contribution in [0.3, 0.4) is 0 Å². The summed E-state index contributed by atoms with van der Waals surface area (Å²) in [6.07, 6.45) is 0.894. The second kappa shape index (κ2) is 7.87. The Morgan fingerprint density at radius 2 is 2.05 bits per heavy atom. The summed E-state index contributed by atoms with van der Waals surface area (Å²) in [5.74, 6) is 0. The quantitative estimate of drug-likeness (QED) is 0.529. The van der Waals surface area contributed by atoms with E-state index in [0.29, 0.717) is 12.8 Å². The lowest BCUT2D eigenvalue weighted by atomic mass is 10.3. The van der Waals surface area contributed by atoms with E-state index in [-0.39, 0.29) is 22.6 Å². The Bertz CT molecular complexity index is 635. The second-order valence-corrected chi connectivity index (χ2v) is 6.96. The maximum absolute atomic E-state index is 12.6. The number of rotatable bonds is 8. The van der Waals surface area contributed by atoms with Gasteiger partial charge in [0.1, 0.15) is 5.02 Å². The van der Waals surface area contributed by atoms with Crippen molar-refractivity contribution in [1.29, 1.82) is 0 Å². The van der Waals surface area contributed by atoms with Crippen molar-refractivity contribution in [3.8, 4) is 0 Å². The summed E-state index contributed by atoms with van der Waals surface area (Å²) in [7, 11) is -3.99. The number of hydroxylamine groups is 1. The lowest BCUT2D eigenvalue weighted by molar-refractivity contribution is -0.384. The molecule has 0 aromatic heterocycles. The Morgan fingerprint density at radius 1 is 1.41 bits per heavy atom. The average molecular weight is 351 g/mol. The van der Waals surface area contributed by atoms with Crippen LogP contribution >= 0.6 is 11.6 Å². The summed E-state index contributed by atoms with van der Waals surface area (Å²) in [4.78, 5) is 15.4. The van der Waals surface area contributed by atoms with E-state index < -0.39 is 20.6 Å². The smallest absolute Gasteiger partial charge is 0.281 e. The molecular formula is C13H19ClN2O5S. The predicted molar refractivity (Wildman–Crippen MR) is 83.1 cm³/mol. The van der Waals surface area contributed by atoms with E-state index in [1.807, 2.05) is 13.8 Å². The van der Waals surface area contributed by atoms with E-state index in [1.54, 1.807) is 6.92 Å². The summed E-state index contributed by atoms with van der Waals surface area (Å²) in [5.41, 5.74) is -0.456. The summed E-state index contributed by atoms with van der Waals surface area (Å²) in [5, 5.41) is 10.8. The Labute approximate surface area is 135 Å². The summed E-state index contributed by atoms with van der Waals surface area (Å²) >= 11 is 5.71. The van der Waals surface area contributed by atoms with Gasteiger partial charge in [0.25, 0.3) is 15.7 Å². The van der Waals surface area contributed by atoms with Crippen LogP contribution in [0.5, 0.6) is 0 Å². The van der Waals surface area contributed by atoms with Crippen LogP contribution in [0.15, 0.2) is 23.1 Å². The van der Waals surface area contributed by atoms with Crippen LogP contribution in [-0.4, -0.2) is 30.5 Å². The summed E-state index contributed by atoms with van der Waals surface area (Å²) in [6.45, 7) is 5.59. The zero-order valence-corrected chi connectivity index (χ0v) is 14.2. The average Bonchev–Trinajstić information content (AvgIpc) is 2.46. The van der Waals surface area contributed by atoms with Crippen molar-refractivity contribution in [2.75, 3.05) is 6.54 Å². The van der Waals surface area contributed by atoms with Gasteiger partial charge in [-0.1, -0.05) is 29.9 Å². The van der Waals surface area contributed by atoms with Gasteiger partial charge in [-0.25, -0.2) is 8.42 Å². The van der Waals surface area contributed by atoms with Crippen molar-refractivity contribution in [2.45, 2.75) is 44.6 Å². The van der Waals surface area contributed by atoms with Gasteiger partial charge in [-0.3, -0.25) is 15.0 Å². The highest BCUT2D eigenvalue weighted by Gasteiger charge is 2.28. The summed E-state index contributed by atoms with van der Waals surface area (Å²) in [6, 6.07) is 3.37. The molecule has 1 unspecified atom stereocenters. The molecular weight excluding hydrogens is 332 g/mol. The Balaban J connectivity index is 3.24. The molecule has 0 aliphatic carbocycles. The number of halogens is 1. The summed E-state index contributed by atoms with van der Waals surface area (Å²) < 4.78 is 26.1. The van der Waals surface area contributed by atoms with Crippen LogP contribution in [0.25, 0.3) is 0 Å². The number of sulfonamides is 1. The Kier molecular flexibility index (Phi) is 6.73. The molecule has 0 saturated heterocycles. The van der Waals surface area contributed by atoms with Crippen LogP contribution in [0.4, 0.5) is 5.69 Å². The fourth-order valence-electron chi connectivity index (χ4n) is 1.60. The van der Waals surface area contributed by atoms with Crippen LogP contribution in [-0.2, 0) is 14.9 Å². The van der Waals surface area contributed by atoms with Crippen LogP contribution in [0.2, 0.25) is 5.02 Å². The van der Waals surface area contributed by atoms with Crippen molar-refractivity contribution < 1.29 is 18.2 Å². The number of nitrogens with zero attached hydrogens (tertiary/aromatic N) is 2. The molecule has 0 fully saturated rings. The van der Waals surface area contributed by atoms with Crippen molar-refractivity contribution >= 4 is 27.3 Å². The molecule has 0 radical (unpaired) electrons. The monoisotopic (exact) mass is 350 g/mol. The zero-order valence-electron chi connectivity index (χ0n) is 12.7. The molecule has 7 nitrogen and oxygen atoms in total. The maximum Gasteiger partial charge on any atom is 0.289 e. The van der Waals surface area contributed by atoms with Gasteiger partial charge in [-0.2, -0.15) is 0 Å². The number of hydrogen-bond donors (Lipinski definition) is 0. The van der Waals surface area contributed by atoms with E-state index in [1.165, 1.54) is 12.1 Å². The standard InChI is InChI=1S/C13H19ClN2O5S/c1-4-8-15(21-10(3)5-2)22(19,20)11-6-7-12(14)13(9-11)16(17)18/h6-7,9-10H,4-5,8H2,1-3H3. The molecule has 0 N–H and O–H groups in total. The molecule has 0 aliphatic heterocycles. The van der Waals surface area contributed by atoms with E-state index in [4.69, 9.17) is 16.4 Å². The first kappa shape index (κ1) is 18.8.